The average molecular weight is 445 g/mol. The Balaban J connectivity index is 1.48. The number of nitro groups is 1. The lowest BCUT2D eigenvalue weighted by molar-refractivity contribution is -0.384. The molecule has 0 bridgehead atoms. The molecule has 168 valence electrons. The van der Waals surface area contributed by atoms with Crippen LogP contribution >= 0.6 is 0 Å². The van der Waals surface area contributed by atoms with Crippen molar-refractivity contribution in [2.75, 3.05) is 38.2 Å². The summed E-state index contributed by atoms with van der Waals surface area (Å²) in [6, 6.07) is 20.2. The minimum Gasteiger partial charge on any atom is -0.497 e. The van der Waals surface area contributed by atoms with Crippen molar-refractivity contribution in [3.63, 3.8) is 0 Å². The first-order valence-corrected chi connectivity index (χ1v) is 10.5. The van der Waals surface area contributed by atoms with Gasteiger partial charge in [-0.25, -0.2) is 0 Å². The summed E-state index contributed by atoms with van der Waals surface area (Å²) >= 11 is 0. The van der Waals surface area contributed by atoms with Crippen LogP contribution in [0.25, 0.3) is 0 Å². The number of ether oxygens (including phenoxy) is 1. The molecule has 3 aromatic rings. The Morgan fingerprint density at radius 3 is 2.09 bits per heavy atom. The smallest absolute Gasteiger partial charge is 0.293 e. The number of amides is 1. The highest BCUT2D eigenvalue weighted by molar-refractivity contribution is 6.09. The van der Waals surface area contributed by atoms with Gasteiger partial charge in [0.25, 0.3) is 11.6 Å². The van der Waals surface area contributed by atoms with Gasteiger partial charge in [-0.3, -0.25) is 19.7 Å². The number of piperazine rings is 1. The molecule has 33 heavy (non-hydrogen) atoms. The topological polar surface area (TPSA) is 93.0 Å². The third kappa shape index (κ3) is 4.69. The standard InChI is InChI=1S/C25H23N3O5/c1-33-21-10-7-19(8-11-21)25(30)27-15-13-26(14-16-27)22-12-9-20(17-23(22)28(31)32)24(29)18-5-3-2-4-6-18/h2-12,17H,13-16H2,1H3. The number of hydrogen-bond donors (Lipinski definition) is 0. The average Bonchev–Trinajstić information content (AvgIpc) is 2.88. The number of ketones is 1. The van der Waals surface area contributed by atoms with Crippen LogP contribution in [0.4, 0.5) is 11.4 Å². The molecular formula is C25H23N3O5. The van der Waals surface area contributed by atoms with Gasteiger partial charge in [-0.15, -0.1) is 0 Å². The number of methoxy groups -OCH3 is 1. The summed E-state index contributed by atoms with van der Waals surface area (Å²) < 4.78 is 5.13. The summed E-state index contributed by atoms with van der Waals surface area (Å²) in [6.45, 7) is 1.78. The van der Waals surface area contributed by atoms with Gasteiger partial charge in [-0.2, -0.15) is 0 Å². The van der Waals surface area contributed by atoms with Crippen LogP contribution in [-0.4, -0.2) is 54.8 Å². The molecule has 3 aromatic carbocycles. The highest BCUT2D eigenvalue weighted by Gasteiger charge is 2.27. The largest absolute Gasteiger partial charge is 0.497 e. The monoisotopic (exact) mass is 445 g/mol. The number of hydrogen-bond acceptors (Lipinski definition) is 6. The number of rotatable bonds is 6. The lowest BCUT2D eigenvalue weighted by atomic mass is 10.0. The van der Waals surface area contributed by atoms with Crippen molar-refractivity contribution in [2.24, 2.45) is 0 Å². The normalized spacial score (nSPS) is 13.5. The van der Waals surface area contributed by atoms with E-state index in [4.69, 9.17) is 4.74 Å². The zero-order chi connectivity index (χ0) is 23.4. The highest BCUT2D eigenvalue weighted by Crippen LogP contribution is 2.31. The van der Waals surface area contributed by atoms with E-state index in [0.717, 1.165) is 0 Å². The second kappa shape index (κ2) is 9.52. The number of nitro benzene ring substituents is 1. The molecule has 0 aliphatic carbocycles. The predicted molar refractivity (Wildman–Crippen MR) is 124 cm³/mol. The molecule has 0 saturated carbocycles. The van der Waals surface area contributed by atoms with Gasteiger partial charge in [-0.1, -0.05) is 30.3 Å². The van der Waals surface area contributed by atoms with E-state index in [0.29, 0.717) is 48.7 Å². The van der Waals surface area contributed by atoms with E-state index in [9.17, 15) is 19.7 Å². The van der Waals surface area contributed by atoms with Gasteiger partial charge in [0.1, 0.15) is 11.4 Å². The van der Waals surface area contributed by atoms with Crippen LogP contribution in [-0.2, 0) is 0 Å². The molecule has 0 atom stereocenters. The van der Waals surface area contributed by atoms with Crippen molar-refractivity contribution in [3.8, 4) is 5.75 Å². The molecule has 1 amide bonds. The van der Waals surface area contributed by atoms with Crippen molar-refractivity contribution in [1.29, 1.82) is 0 Å². The lowest BCUT2D eigenvalue weighted by Gasteiger charge is -2.36. The predicted octanol–water partition coefficient (Wildman–Crippen LogP) is 3.80. The van der Waals surface area contributed by atoms with Crippen LogP contribution in [0, 0.1) is 10.1 Å². The molecule has 1 fully saturated rings. The van der Waals surface area contributed by atoms with E-state index in [1.54, 1.807) is 78.7 Å². The third-order valence-electron chi connectivity index (χ3n) is 5.71. The molecule has 0 spiro atoms. The first kappa shape index (κ1) is 22.0. The minimum absolute atomic E-state index is 0.0874. The SMILES string of the molecule is COc1ccc(C(=O)N2CCN(c3ccc(C(=O)c4ccccc4)cc3[N+](=O)[O-])CC2)cc1. The second-order valence-electron chi connectivity index (χ2n) is 7.66. The molecule has 0 aromatic heterocycles. The fraction of sp³-hybridized carbons (Fsp3) is 0.200. The van der Waals surface area contributed by atoms with E-state index in [1.165, 1.54) is 6.07 Å². The maximum absolute atomic E-state index is 12.8. The third-order valence-corrected chi connectivity index (χ3v) is 5.71. The molecule has 0 N–H and O–H groups in total. The van der Waals surface area contributed by atoms with Crippen LogP contribution < -0.4 is 9.64 Å². The first-order chi connectivity index (χ1) is 16.0. The summed E-state index contributed by atoms with van der Waals surface area (Å²) in [5.74, 6) is 0.327. The van der Waals surface area contributed by atoms with Gasteiger partial charge in [-0.05, 0) is 36.4 Å². The zero-order valence-electron chi connectivity index (χ0n) is 18.1. The van der Waals surface area contributed by atoms with Gasteiger partial charge >= 0.3 is 0 Å². The molecule has 1 saturated heterocycles. The Kier molecular flexibility index (Phi) is 6.35. The van der Waals surface area contributed by atoms with E-state index in [1.807, 2.05) is 4.90 Å². The molecule has 0 radical (unpaired) electrons. The van der Waals surface area contributed by atoms with Gasteiger partial charge in [0.05, 0.1) is 12.0 Å². The molecule has 0 unspecified atom stereocenters. The van der Waals surface area contributed by atoms with E-state index < -0.39 is 4.92 Å². The van der Waals surface area contributed by atoms with Crippen molar-refractivity contribution >= 4 is 23.1 Å². The van der Waals surface area contributed by atoms with Crippen LogP contribution in [0.2, 0.25) is 0 Å². The van der Waals surface area contributed by atoms with E-state index in [2.05, 4.69) is 0 Å². The summed E-state index contributed by atoms with van der Waals surface area (Å²) in [6.07, 6.45) is 0. The van der Waals surface area contributed by atoms with Crippen molar-refractivity contribution in [1.82, 2.24) is 4.90 Å². The van der Waals surface area contributed by atoms with Gasteiger partial charge in [0.2, 0.25) is 0 Å². The van der Waals surface area contributed by atoms with E-state index in [-0.39, 0.29) is 22.9 Å². The minimum atomic E-state index is -0.466. The molecule has 1 heterocycles. The number of carbonyl (C=O) groups is 2. The summed E-state index contributed by atoms with van der Waals surface area (Å²) in [5.41, 5.74) is 1.64. The maximum Gasteiger partial charge on any atom is 0.293 e. The summed E-state index contributed by atoms with van der Waals surface area (Å²) in [5, 5.41) is 11.8. The van der Waals surface area contributed by atoms with E-state index >= 15 is 0 Å². The van der Waals surface area contributed by atoms with Gasteiger partial charge in [0, 0.05) is 48.9 Å². The van der Waals surface area contributed by atoms with Crippen molar-refractivity contribution < 1.29 is 19.2 Å². The number of anilines is 1. The lowest BCUT2D eigenvalue weighted by Crippen LogP contribution is -2.49. The van der Waals surface area contributed by atoms with Crippen LogP contribution in [0.15, 0.2) is 72.8 Å². The Morgan fingerprint density at radius 2 is 1.48 bits per heavy atom. The second-order valence-corrected chi connectivity index (χ2v) is 7.66. The quantitative estimate of drug-likeness (QED) is 0.326. The van der Waals surface area contributed by atoms with Crippen molar-refractivity contribution in [3.05, 3.63) is 99.6 Å². The first-order valence-electron chi connectivity index (χ1n) is 10.5. The molecular weight excluding hydrogens is 422 g/mol. The summed E-state index contributed by atoms with van der Waals surface area (Å²) in [4.78, 5) is 40.4. The fourth-order valence-corrected chi connectivity index (χ4v) is 3.90. The van der Waals surface area contributed by atoms with Gasteiger partial charge in [0.15, 0.2) is 5.78 Å². The zero-order valence-corrected chi connectivity index (χ0v) is 18.1. The molecule has 4 rings (SSSR count). The fourth-order valence-electron chi connectivity index (χ4n) is 3.90. The number of benzene rings is 3. The maximum atomic E-state index is 12.8. The highest BCUT2D eigenvalue weighted by atomic mass is 16.6. The van der Waals surface area contributed by atoms with Crippen LogP contribution in [0.5, 0.6) is 5.75 Å². The van der Waals surface area contributed by atoms with Gasteiger partial charge < -0.3 is 14.5 Å². The van der Waals surface area contributed by atoms with Crippen LogP contribution in [0.1, 0.15) is 26.3 Å². The summed E-state index contributed by atoms with van der Waals surface area (Å²) in [7, 11) is 1.57. The Labute approximate surface area is 191 Å². The number of nitrogens with zero attached hydrogens (tertiary/aromatic N) is 3. The molecule has 1 aliphatic heterocycles. The van der Waals surface area contributed by atoms with Crippen LogP contribution in [0.3, 0.4) is 0 Å². The Hall–Kier alpha value is -4.20. The molecule has 8 heteroatoms. The molecule has 1 aliphatic rings. The number of carbonyl (C=O) groups excluding carboxylic acids is 2. The Morgan fingerprint density at radius 1 is 0.848 bits per heavy atom. The Bertz CT molecular complexity index is 1170. The molecule has 8 nitrogen and oxygen atoms in total. The van der Waals surface area contributed by atoms with Crippen molar-refractivity contribution in [2.45, 2.75) is 0 Å².